The first kappa shape index (κ1) is 13.4. The van der Waals surface area contributed by atoms with Crippen LogP contribution in [0.4, 0.5) is 0 Å². The van der Waals surface area contributed by atoms with E-state index in [0.717, 1.165) is 6.54 Å². The van der Waals surface area contributed by atoms with Gasteiger partial charge in [-0.3, -0.25) is 9.69 Å². The molecule has 0 aliphatic rings. The maximum absolute atomic E-state index is 11.2. The van der Waals surface area contributed by atoms with Crippen LogP contribution in [0.2, 0.25) is 0 Å². The van der Waals surface area contributed by atoms with Crippen molar-refractivity contribution in [2.45, 2.75) is 6.92 Å². The fourth-order valence-electron chi connectivity index (χ4n) is 0.956. The number of nitrogens with one attached hydrogen (secondary N) is 1. The SMILES string of the molecule is CCOCCN(C)CC(=O)NCCN. The lowest BCUT2D eigenvalue weighted by Crippen LogP contribution is -2.38. The number of carbonyl (C=O) groups excluding carboxylic acids is 1. The normalized spacial score (nSPS) is 10.6. The van der Waals surface area contributed by atoms with E-state index in [9.17, 15) is 4.79 Å². The van der Waals surface area contributed by atoms with E-state index in [1.54, 1.807) is 0 Å². The van der Waals surface area contributed by atoms with Gasteiger partial charge in [-0.15, -0.1) is 0 Å². The van der Waals surface area contributed by atoms with Crippen molar-refractivity contribution in [3.05, 3.63) is 0 Å². The fourth-order valence-corrected chi connectivity index (χ4v) is 0.956. The van der Waals surface area contributed by atoms with Gasteiger partial charge >= 0.3 is 0 Å². The molecule has 5 heteroatoms. The van der Waals surface area contributed by atoms with Crippen LogP contribution in [0.5, 0.6) is 0 Å². The Bertz CT molecular complexity index is 153. The molecule has 0 bridgehead atoms. The molecule has 1 amide bonds. The lowest BCUT2D eigenvalue weighted by atomic mass is 10.5. The van der Waals surface area contributed by atoms with Crippen LogP contribution >= 0.6 is 0 Å². The van der Waals surface area contributed by atoms with Crippen molar-refractivity contribution in [3.63, 3.8) is 0 Å². The van der Waals surface area contributed by atoms with E-state index in [-0.39, 0.29) is 5.91 Å². The topological polar surface area (TPSA) is 67.6 Å². The van der Waals surface area contributed by atoms with Crippen LogP contribution in [0.3, 0.4) is 0 Å². The van der Waals surface area contributed by atoms with Crippen LogP contribution in [-0.2, 0) is 9.53 Å². The van der Waals surface area contributed by atoms with Crippen molar-refractivity contribution in [1.82, 2.24) is 10.2 Å². The summed E-state index contributed by atoms with van der Waals surface area (Å²) in [6.45, 7) is 5.52. The zero-order chi connectivity index (χ0) is 10.8. The van der Waals surface area contributed by atoms with Gasteiger partial charge in [-0.25, -0.2) is 0 Å². The molecule has 0 aliphatic heterocycles. The number of hydrogen-bond donors (Lipinski definition) is 2. The second kappa shape index (κ2) is 8.93. The van der Waals surface area contributed by atoms with Crippen molar-refractivity contribution in [2.75, 3.05) is 46.4 Å². The average Bonchev–Trinajstić information content (AvgIpc) is 2.15. The van der Waals surface area contributed by atoms with Gasteiger partial charge in [-0.2, -0.15) is 0 Å². The molecule has 5 nitrogen and oxygen atoms in total. The first-order valence-electron chi connectivity index (χ1n) is 4.93. The van der Waals surface area contributed by atoms with Gasteiger partial charge in [0.2, 0.25) is 5.91 Å². The van der Waals surface area contributed by atoms with E-state index in [1.165, 1.54) is 0 Å². The number of ether oxygens (including phenoxy) is 1. The Hall–Kier alpha value is -0.650. The zero-order valence-electron chi connectivity index (χ0n) is 9.08. The summed E-state index contributed by atoms with van der Waals surface area (Å²) in [5.41, 5.74) is 5.26. The number of likely N-dealkylation sites (N-methyl/N-ethyl adjacent to an activating group) is 1. The molecule has 0 aliphatic carbocycles. The van der Waals surface area contributed by atoms with E-state index in [0.29, 0.717) is 32.8 Å². The van der Waals surface area contributed by atoms with Crippen LogP contribution < -0.4 is 11.1 Å². The predicted molar refractivity (Wildman–Crippen MR) is 56.1 cm³/mol. The highest BCUT2D eigenvalue weighted by Crippen LogP contribution is 1.83. The number of amides is 1. The zero-order valence-corrected chi connectivity index (χ0v) is 9.08. The van der Waals surface area contributed by atoms with Crippen molar-refractivity contribution in [2.24, 2.45) is 5.73 Å². The molecular formula is C9H21N3O2. The van der Waals surface area contributed by atoms with Crippen LogP contribution in [0.25, 0.3) is 0 Å². The number of rotatable bonds is 8. The molecule has 0 aromatic carbocycles. The Kier molecular flexibility index (Phi) is 8.51. The maximum atomic E-state index is 11.2. The second-order valence-corrected chi connectivity index (χ2v) is 3.07. The number of nitrogens with zero attached hydrogens (tertiary/aromatic N) is 1. The summed E-state index contributed by atoms with van der Waals surface area (Å²) in [6.07, 6.45) is 0. The molecular weight excluding hydrogens is 182 g/mol. The van der Waals surface area contributed by atoms with Crippen molar-refractivity contribution in [3.8, 4) is 0 Å². The third-order valence-corrected chi connectivity index (χ3v) is 1.70. The molecule has 0 rings (SSSR count). The monoisotopic (exact) mass is 203 g/mol. The highest BCUT2D eigenvalue weighted by atomic mass is 16.5. The van der Waals surface area contributed by atoms with Gasteiger partial charge in [0, 0.05) is 26.2 Å². The second-order valence-electron chi connectivity index (χ2n) is 3.07. The highest BCUT2D eigenvalue weighted by molar-refractivity contribution is 5.77. The van der Waals surface area contributed by atoms with Crippen molar-refractivity contribution < 1.29 is 9.53 Å². The molecule has 0 aromatic heterocycles. The molecule has 0 unspecified atom stereocenters. The molecule has 0 fully saturated rings. The van der Waals surface area contributed by atoms with Gasteiger partial charge in [-0.05, 0) is 14.0 Å². The van der Waals surface area contributed by atoms with E-state index >= 15 is 0 Å². The Morgan fingerprint density at radius 2 is 2.29 bits per heavy atom. The molecule has 0 spiro atoms. The lowest BCUT2D eigenvalue weighted by Gasteiger charge is -2.15. The Morgan fingerprint density at radius 3 is 2.86 bits per heavy atom. The quantitative estimate of drug-likeness (QED) is 0.498. The van der Waals surface area contributed by atoms with Gasteiger partial charge in [0.1, 0.15) is 0 Å². The smallest absolute Gasteiger partial charge is 0.234 e. The summed E-state index contributed by atoms with van der Waals surface area (Å²) in [7, 11) is 1.89. The van der Waals surface area contributed by atoms with E-state index < -0.39 is 0 Å². The largest absolute Gasteiger partial charge is 0.380 e. The van der Waals surface area contributed by atoms with E-state index in [2.05, 4.69) is 5.32 Å². The Balaban J connectivity index is 3.40. The highest BCUT2D eigenvalue weighted by Gasteiger charge is 2.04. The van der Waals surface area contributed by atoms with Crippen LogP contribution in [-0.4, -0.2) is 57.2 Å². The molecule has 0 atom stereocenters. The van der Waals surface area contributed by atoms with Gasteiger partial charge < -0.3 is 15.8 Å². The van der Waals surface area contributed by atoms with Crippen molar-refractivity contribution >= 4 is 5.91 Å². The maximum Gasteiger partial charge on any atom is 0.234 e. The van der Waals surface area contributed by atoms with E-state index in [1.807, 2.05) is 18.9 Å². The summed E-state index contributed by atoms with van der Waals surface area (Å²) >= 11 is 0. The summed E-state index contributed by atoms with van der Waals surface area (Å²) in [4.78, 5) is 13.1. The summed E-state index contributed by atoms with van der Waals surface area (Å²) < 4.78 is 5.17. The van der Waals surface area contributed by atoms with Gasteiger partial charge in [-0.1, -0.05) is 0 Å². The minimum absolute atomic E-state index is 0.00875. The average molecular weight is 203 g/mol. The standard InChI is InChI=1S/C9H21N3O2/c1-3-14-7-6-12(2)8-9(13)11-5-4-10/h3-8,10H2,1-2H3,(H,11,13). The summed E-state index contributed by atoms with van der Waals surface area (Å²) in [5.74, 6) is 0.00875. The third-order valence-electron chi connectivity index (χ3n) is 1.70. The van der Waals surface area contributed by atoms with Gasteiger partial charge in [0.05, 0.1) is 13.2 Å². The number of hydrogen-bond acceptors (Lipinski definition) is 4. The predicted octanol–water partition coefficient (Wildman–Crippen LogP) is -0.970. The van der Waals surface area contributed by atoms with Gasteiger partial charge in [0.15, 0.2) is 0 Å². The molecule has 14 heavy (non-hydrogen) atoms. The molecule has 0 saturated heterocycles. The minimum atomic E-state index is 0.00875. The molecule has 84 valence electrons. The molecule has 3 N–H and O–H groups in total. The fraction of sp³-hybridized carbons (Fsp3) is 0.889. The van der Waals surface area contributed by atoms with Crippen LogP contribution in [0, 0.1) is 0 Å². The third kappa shape index (κ3) is 7.97. The molecule has 0 saturated carbocycles. The summed E-state index contributed by atoms with van der Waals surface area (Å²) in [6, 6.07) is 0. The first-order chi connectivity index (χ1) is 6.70. The number of nitrogens with two attached hydrogens (primary N) is 1. The Labute approximate surface area is 85.6 Å². The van der Waals surface area contributed by atoms with E-state index in [4.69, 9.17) is 10.5 Å². The minimum Gasteiger partial charge on any atom is -0.380 e. The Morgan fingerprint density at radius 1 is 1.57 bits per heavy atom. The molecule has 0 radical (unpaired) electrons. The van der Waals surface area contributed by atoms with Crippen molar-refractivity contribution in [1.29, 1.82) is 0 Å². The van der Waals surface area contributed by atoms with Crippen LogP contribution in [0.15, 0.2) is 0 Å². The number of carbonyl (C=O) groups is 1. The lowest BCUT2D eigenvalue weighted by molar-refractivity contribution is -0.122. The first-order valence-corrected chi connectivity index (χ1v) is 4.93. The van der Waals surface area contributed by atoms with Crippen LogP contribution in [0.1, 0.15) is 6.92 Å². The van der Waals surface area contributed by atoms with Gasteiger partial charge in [0.25, 0.3) is 0 Å². The summed E-state index contributed by atoms with van der Waals surface area (Å²) in [5, 5.41) is 2.71. The molecule has 0 aromatic rings. The molecule has 0 heterocycles.